The number of carbonyl (C=O) groups is 2. The number of rotatable bonds is 3. The van der Waals surface area contributed by atoms with Crippen LogP contribution in [0.3, 0.4) is 0 Å². The summed E-state index contributed by atoms with van der Waals surface area (Å²) >= 11 is 9.03. The molecule has 0 radical (unpaired) electrons. The summed E-state index contributed by atoms with van der Waals surface area (Å²) in [6.07, 6.45) is 0.172. The third-order valence-corrected chi connectivity index (χ3v) is 6.83. The number of fused-ring (bicyclic) bond motifs is 1. The van der Waals surface area contributed by atoms with Crippen LogP contribution in [0.25, 0.3) is 10.2 Å². The van der Waals surface area contributed by atoms with E-state index in [1.54, 1.807) is 18.2 Å². The molecule has 0 unspecified atom stereocenters. The zero-order valence-corrected chi connectivity index (χ0v) is 15.6. The van der Waals surface area contributed by atoms with E-state index in [-0.39, 0.29) is 18.2 Å². The number of carbonyl (C=O) groups excluding carboxylic acids is 2. The molecule has 2 aromatic carbocycles. The first-order chi connectivity index (χ1) is 12.0. The molecule has 4 rings (SSSR count). The Morgan fingerprint density at radius 3 is 2.80 bits per heavy atom. The number of thiazole rings is 1. The van der Waals surface area contributed by atoms with Gasteiger partial charge in [0, 0.05) is 11.4 Å². The van der Waals surface area contributed by atoms with Gasteiger partial charge in [-0.2, -0.15) is 0 Å². The minimum absolute atomic E-state index is 0.172. The third kappa shape index (κ3) is 2.94. The van der Waals surface area contributed by atoms with Gasteiger partial charge in [-0.3, -0.25) is 9.59 Å². The molecule has 126 valence electrons. The number of hydrogen-bond acceptors (Lipinski definition) is 5. The Morgan fingerprint density at radius 1 is 1.20 bits per heavy atom. The molecule has 2 amide bonds. The summed E-state index contributed by atoms with van der Waals surface area (Å²) in [5, 5.41) is 0.0896. The Kier molecular flexibility index (Phi) is 4.27. The van der Waals surface area contributed by atoms with E-state index in [1.165, 1.54) is 28.0 Å². The van der Waals surface area contributed by atoms with Gasteiger partial charge in [-0.15, -0.1) is 11.3 Å². The van der Waals surface area contributed by atoms with Crippen molar-refractivity contribution in [3.05, 3.63) is 53.1 Å². The molecule has 0 N–H and O–H groups in total. The molecule has 0 spiro atoms. The van der Waals surface area contributed by atoms with E-state index in [9.17, 15) is 9.59 Å². The predicted molar refractivity (Wildman–Crippen MR) is 103 cm³/mol. The highest BCUT2D eigenvalue weighted by Crippen LogP contribution is 2.38. The summed E-state index contributed by atoms with van der Waals surface area (Å²) in [4.78, 5) is 31.1. The van der Waals surface area contributed by atoms with Gasteiger partial charge in [0.1, 0.15) is 5.25 Å². The van der Waals surface area contributed by atoms with Gasteiger partial charge < -0.3 is 0 Å². The summed E-state index contributed by atoms with van der Waals surface area (Å²) in [6, 6.07) is 13.1. The zero-order chi connectivity index (χ0) is 17.6. The summed E-state index contributed by atoms with van der Waals surface area (Å²) in [5.41, 5.74) is 2.21. The second-order valence-electron chi connectivity index (χ2n) is 5.71. The number of nitrogens with zero attached hydrogens (tertiary/aromatic N) is 2. The van der Waals surface area contributed by atoms with Gasteiger partial charge in [0.05, 0.1) is 15.9 Å². The molecular weight excluding hydrogens is 376 g/mol. The molecule has 3 aromatic rings. The lowest BCUT2D eigenvalue weighted by Gasteiger charge is -2.17. The van der Waals surface area contributed by atoms with Crippen molar-refractivity contribution in [2.45, 2.75) is 22.9 Å². The Balaban J connectivity index is 1.61. The number of para-hydroxylation sites is 1. The van der Waals surface area contributed by atoms with Gasteiger partial charge in [0.2, 0.25) is 11.8 Å². The summed E-state index contributed by atoms with van der Waals surface area (Å²) < 4.78 is 1.88. The maximum Gasteiger partial charge on any atom is 0.247 e. The van der Waals surface area contributed by atoms with Crippen LogP contribution in [0.5, 0.6) is 0 Å². The largest absolute Gasteiger partial charge is 0.274 e. The molecule has 1 aromatic heterocycles. The van der Waals surface area contributed by atoms with Crippen LogP contribution in [0, 0.1) is 6.92 Å². The second kappa shape index (κ2) is 6.44. The van der Waals surface area contributed by atoms with Crippen molar-refractivity contribution >= 4 is 62.4 Å². The third-order valence-electron chi connectivity index (χ3n) is 4.10. The van der Waals surface area contributed by atoms with Crippen LogP contribution in [0.15, 0.2) is 46.8 Å². The first kappa shape index (κ1) is 16.6. The van der Waals surface area contributed by atoms with Crippen molar-refractivity contribution in [3.8, 4) is 0 Å². The Labute approximate surface area is 157 Å². The molecule has 1 aliphatic heterocycles. The Morgan fingerprint density at radius 2 is 2.00 bits per heavy atom. The van der Waals surface area contributed by atoms with Crippen LogP contribution >= 0.6 is 34.7 Å². The molecule has 1 fully saturated rings. The van der Waals surface area contributed by atoms with Gasteiger partial charge in [-0.05, 0) is 36.8 Å². The smallest absolute Gasteiger partial charge is 0.247 e. The van der Waals surface area contributed by atoms with Crippen LogP contribution in [-0.4, -0.2) is 22.0 Å². The molecule has 2 heterocycles. The average molecular weight is 389 g/mol. The van der Waals surface area contributed by atoms with E-state index in [2.05, 4.69) is 4.98 Å². The van der Waals surface area contributed by atoms with Crippen molar-refractivity contribution in [1.82, 2.24) is 4.98 Å². The van der Waals surface area contributed by atoms with E-state index < -0.39 is 5.25 Å². The minimum atomic E-state index is -0.452. The maximum atomic E-state index is 12.8. The standard InChI is InChI=1S/C18H13ClN2O2S2/c1-10-11(19)5-4-7-13(10)21-16(22)9-15(17(21)23)25-18-20-12-6-2-3-8-14(12)24-18/h2-8,15H,9H2,1H3/t15-/m1/s1. The van der Waals surface area contributed by atoms with Crippen LogP contribution in [0.2, 0.25) is 5.02 Å². The maximum absolute atomic E-state index is 12.8. The molecule has 0 bridgehead atoms. The van der Waals surface area contributed by atoms with Gasteiger partial charge in [-0.25, -0.2) is 9.88 Å². The monoisotopic (exact) mass is 388 g/mol. The lowest BCUT2D eigenvalue weighted by atomic mass is 10.2. The number of imide groups is 1. The van der Waals surface area contributed by atoms with Crippen LogP contribution in [-0.2, 0) is 9.59 Å². The van der Waals surface area contributed by atoms with Crippen LogP contribution < -0.4 is 4.90 Å². The fourth-order valence-corrected chi connectivity index (χ4v) is 5.31. The second-order valence-corrected chi connectivity index (χ2v) is 8.60. The molecule has 25 heavy (non-hydrogen) atoms. The molecule has 7 heteroatoms. The fourth-order valence-electron chi connectivity index (χ4n) is 2.81. The number of anilines is 1. The quantitative estimate of drug-likeness (QED) is 0.611. The molecule has 1 saturated heterocycles. The zero-order valence-electron chi connectivity index (χ0n) is 13.2. The van der Waals surface area contributed by atoms with Gasteiger partial charge in [0.25, 0.3) is 0 Å². The topological polar surface area (TPSA) is 50.3 Å². The summed E-state index contributed by atoms with van der Waals surface area (Å²) in [6.45, 7) is 1.81. The van der Waals surface area contributed by atoms with E-state index in [4.69, 9.17) is 11.6 Å². The van der Waals surface area contributed by atoms with Crippen molar-refractivity contribution in [3.63, 3.8) is 0 Å². The first-order valence-electron chi connectivity index (χ1n) is 7.69. The summed E-state index contributed by atoms with van der Waals surface area (Å²) in [7, 11) is 0. The Hall–Kier alpha value is -1.89. The van der Waals surface area contributed by atoms with Crippen molar-refractivity contribution in [2.24, 2.45) is 0 Å². The number of thioether (sulfide) groups is 1. The minimum Gasteiger partial charge on any atom is -0.274 e. The predicted octanol–water partition coefficient (Wildman–Crippen LogP) is 4.68. The van der Waals surface area contributed by atoms with Crippen LogP contribution in [0.1, 0.15) is 12.0 Å². The van der Waals surface area contributed by atoms with Crippen molar-refractivity contribution < 1.29 is 9.59 Å². The van der Waals surface area contributed by atoms with Crippen molar-refractivity contribution in [1.29, 1.82) is 0 Å². The van der Waals surface area contributed by atoms with E-state index in [0.29, 0.717) is 10.7 Å². The number of hydrogen-bond donors (Lipinski definition) is 0. The van der Waals surface area contributed by atoms with E-state index in [0.717, 1.165) is 20.1 Å². The van der Waals surface area contributed by atoms with E-state index >= 15 is 0 Å². The number of aromatic nitrogens is 1. The number of halogens is 1. The lowest BCUT2D eigenvalue weighted by Crippen LogP contribution is -2.31. The number of amides is 2. The van der Waals surface area contributed by atoms with Gasteiger partial charge >= 0.3 is 0 Å². The molecular formula is C18H13ClN2O2S2. The molecule has 0 saturated carbocycles. The molecule has 1 aliphatic rings. The SMILES string of the molecule is Cc1c(Cl)cccc1N1C(=O)C[C@@H](Sc2nc3ccccc3s2)C1=O. The summed E-state index contributed by atoms with van der Waals surface area (Å²) in [5.74, 6) is -0.409. The molecule has 1 atom stereocenters. The van der Waals surface area contributed by atoms with E-state index in [1.807, 2.05) is 31.2 Å². The van der Waals surface area contributed by atoms with Gasteiger partial charge in [-0.1, -0.05) is 41.6 Å². The van der Waals surface area contributed by atoms with Gasteiger partial charge in [0.15, 0.2) is 4.34 Å². The average Bonchev–Trinajstić information content (AvgIpc) is 3.11. The molecule has 4 nitrogen and oxygen atoms in total. The molecule has 0 aliphatic carbocycles. The first-order valence-corrected chi connectivity index (χ1v) is 9.76. The highest BCUT2D eigenvalue weighted by Gasteiger charge is 2.41. The normalized spacial score (nSPS) is 17.7. The lowest BCUT2D eigenvalue weighted by molar-refractivity contribution is -0.121. The van der Waals surface area contributed by atoms with Crippen LogP contribution in [0.4, 0.5) is 5.69 Å². The number of benzene rings is 2. The van der Waals surface area contributed by atoms with Crippen molar-refractivity contribution in [2.75, 3.05) is 4.90 Å². The highest BCUT2D eigenvalue weighted by atomic mass is 35.5. The fraction of sp³-hybridized carbons (Fsp3) is 0.167. The Bertz CT molecular complexity index is 969. The highest BCUT2D eigenvalue weighted by molar-refractivity contribution is 8.02.